The Balaban J connectivity index is 2.46. The normalized spacial score (nSPS) is 28.8. The first-order valence-electron chi connectivity index (χ1n) is 7.99. The maximum atomic E-state index is 6.29. The molecule has 0 saturated heterocycles. The minimum Gasteiger partial charge on any atom is -0.374 e. The molecule has 1 fully saturated rings. The standard InChI is InChI=1S/C16H33NO/c1-5-7-12-18-16(13-17-14(3)4)10-8-15(6-2)9-11-16/h14-15,17H,5-13H2,1-4H3. The highest BCUT2D eigenvalue weighted by molar-refractivity contribution is 4.89. The van der Waals surface area contributed by atoms with Gasteiger partial charge in [-0.3, -0.25) is 0 Å². The van der Waals surface area contributed by atoms with Crippen molar-refractivity contribution < 1.29 is 4.74 Å². The number of hydrogen-bond acceptors (Lipinski definition) is 2. The molecule has 2 nitrogen and oxygen atoms in total. The van der Waals surface area contributed by atoms with Crippen LogP contribution in [0.3, 0.4) is 0 Å². The number of unbranched alkanes of at least 4 members (excludes halogenated alkanes) is 1. The van der Waals surface area contributed by atoms with E-state index in [-0.39, 0.29) is 5.60 Å². The molecular formula is C16H33NO. The van der Waals surface area contributed by atoms with E-state index in [9.17, 15) is 0 Å². The zero-order valence-electron chi connectivity index (χ0n) is 12.9. The van der Waals surface area contributed by atoms with Gasteiger partial charge in [0.2, 0.25) is 0 Å². The molecule has 1 N–H and O–H groups in total. The molecule has 0 aromatic carbocycles. The lowest BCUT2D eigenvalue weighted by molar-refractivity contribution is -0.0783. The van der Waals surface area contributed by atoms with E-state index in [0.717, 1.165) is 19.1 Å². The van der Waals surface area contributed by atoms with Gasteiger partial charge in [-0.25, -0.2) is 0 Å². The van der Waals surface area contributed by atoms with Crippen LogP contribution < -0.4 is 5.32 Å². The molecule has 0 radical (unpaired) electrons. The van der Waals surface area contributed by atoms with Crippen molar-refractivity contribution in [3.8, 4) is 0 Å². The van der Waals surface area contributed by atoms with Crippen molar-refractivity contribution in [2.45, 2.75) is 84.3 Å². The van der Waals surface area contributed by atoms with E-state index in [1.165, 1.54) is 44.9 Å². The van der Waals surface area contributed by atoms with Crippen LogP contribution in [0.1, 0.15) is 72.6 Å². The van der Waals surface area contributed by atoms with Crippen LogP contribution >= 0.6 is 0 Å². The van der Waals surface area contributed by atoms with E-state index in [4.69, 9.17) is 4.74 Å². The first-order valence-corrected chi connectivity index (χ1v) is 7.99. The van der Waals surface area contributed by atoms with Gasteiger partial charge in [0.25, 0.3) is 0 Å². The summed E-state index contributed by atoms with van der Waals surface area (Å²) in [4.78, 5) is 0. The van der Waals surface area contributed by atoms with Gasteiger partial charge in [-0.05, 0) is 38.0 Å². The van der Waals surface area contributed by atoms with E-state index in [1.807, 2.05) is 0 Å². The molecule has 0 aromatic heterocycles. The maximum absolute atomic E-state index is 6.29. The van der Waals surface area contributed by atoms with Crippen LogP contribution in [0, 0.1) is 5.92 Å². The van der Waals surface area contributed by atoms with Crippen molar-refractivity contribution in [3.63, 3.8) is 0 Å². The largest absolute Gasteiger partial charge is 0.374 e. The van der Waals surface area contributed by atoms with Gasteiger partial charge in [0, 0.05) is 19.2 Å². The molecule has 0 aliphatic heterocycles. The van der Waals surface area contributed by atoms with E-state index in [0.29, 0.717) is 6.04 Å². The Hall–Kier alpha value is -0.0800. The second-order valence-corrected chi connectivity index (χ2v) is 6.27. The SMILES string of the molecule is CCCCOC1(CNC(C)C)CCC(CC)CC1. The first kappa shape index (κ1) is 16.0. The third kappa shape index (κ3) is 5.27. The second-order valence-electron chi connectivity index (χ2n) is 6.27. The van der Waals surface area contributed by atoms with Crippen LogP contribution in [-0.4, -0.2) is 24.8 Å². The Kier molecular flexibility index (Phi) is 7.25. The molecule has 1 saturated carbocycles. The fourth-order valence-corrected chi connectivity index (χ4v) is 2.81. The van der Waals surface area contributed by atoms with Crippen molar-refractivity contribution in [2.75, 3.05) is 13.2 Å². The summed E-state index contributed by atoms with van der Waals surface area (Å²) in [7, 11) is 0. The van der Waals surface area contributed by atoms with Crippen LogP contribution in [0.25, 0.3) is 0 Å². The van der Waals surface area contributed by atoms with Crippen LogP contribution in [0.5, 0.6) is 0 Å². The lowest BCUT2D eigenvalue weighted by atomic mass is 9.77. The van der Waals surface area contributed by atoms with Crippen molar-refractivity contribution in [2.24, 2.45) is 5.92 Å². The molecule has 1 aliphatic carbocycles. The highest BCUT2D eigenvalue weighted by Gasteiger charge is 2.35. The number of hydrogen-bond donors (Lipinski definition) is 1. The molecule has 1 rings (SSSR count). The third-order valence-corrected chi connectivity index (χ3v) is 4.33. The molecule has 2 heteroatoms. The van der Waals surface area contributed by atoms with Crippen LogP contribution in [-0.2, 0) is 4.74 Å². The molecule has 0 unspecified atom stereocenters. The molecule has 108 valence electrons. The van der Waals surface area contributed by atoms with Crippen molar-refractivity contribution in [1.82, 2.24) is 5.32 Å². The van der Waals surface area contributed by atoms with Gasteiger partial charge in [-0.1, -0.05) is 40.5 Å². The van der Waals surface area contributed by atoms with E-state index >= 15 is 0 Å². The average Bonchev–Trinajstić information content (AvgIpc) is 2.38. The van der Waals surface area contributed by atoms with Crippen LogP contribution in [0.4, 0.5) is 0 Å². The van der Waals surface area contributed by atoms with Gasteiger partial charge in [-0.15, -0.1) is 0 Å². The zero-order valence-corrected chi connectivity index (χ0v) is 12.9. The molecule has 0 spiro atoms. The highest BCUT2D eigenvalue weighted by Crippen LogP contribution is 2.36. The monoisotopic (exact) mass is 255 g/mol. The summed E-state index contributed by atoms with van der Waals surface area (Å²) in [6.45, 7) is 11.0. The quantitative estimate of drug-likeness (QED) is 0.658. The minimum absolute atomic E-state index is 0.130. The summed E-state index contributed by atoms with van der Waals surface area (Å²) in [5, 5.41) is 3.59. The summed E-state index contributed by atoms with van der Waals surface area (Å²) in [6, 6.07) is 0.556. The Morgan fingerprint density at radius 2 is 1.89 bits per heavy atom. The Bertz CT molecular complexity index is 202. The van der Waals surface area contributed by atoms with Crippen LogP contribution in [0.2, 0.25) is 0 Å². The summed E-state index contributed by atoms with van der Waals surface area (Å²) < 4.78 is 6.29. The summed E-state index contributed by atoms with van der Waals surface area (Å²) in [6.07, 6.45) is 8.95. The first-order chi connectivity index (χ1) is 8.62. The van der Waals surface area contributed by atoms with Crippen molar-refractivity contribution in [1.29, 1.82) is 0 Å². The Morgan fingerprint density at radius 3 is 2.39 bits per heavy atom. The van der Waals surface area contributed by atoms with Gasteiger partial charge in [0.15, 0.2) is 0 Å². The maximum Gasteiger partial charge on any atom is 0.0806 e. The fourth-order valence-electron chi connectivity index (χ4n) is 2.81. The van der Waals surface area contributed by atoms with E-state index in [2.05, 4.69) is 33.0 Å². The van der Waals surface area contributed by atoms with Gasteiger partial charge in [0.05, 0.1) is 5.60 Å². The predicted molar refractivity (Wildman–Crippen MR) is 79.0 cm³/mol. The van der Waals surface area contributed by atoms with Crippen molar-refractivity contribution >= 4 is 0 Å². The molecule has 0 aromatic rings. The summed E-state index contributed by atoms with van der Waals surface area (Å²) in [5.74, 6) is 0.937. The molecule has 0 atom stereocenters. The lowest BCUT2D eigenvalue weighted by Crippen LogP contribution is -2.47. The summed E-state index contributed by atoms with van der Waals surface area (Å²) in [5.41, 5.74) is 0.130. The smallest absolute Gasteiger partial charge is 0.0806 e. The van der Waals surface area contributed by atoms with Gasteiger partial charge < -0.3 is 10.1 Å². The highest BCUT2D eigenvalue weighted by atomic mass is 16.5. The van der Waals surface area contributed by atoms with Crippen LogP contribution in [0.15, 0.2) is 0 Å². The number of nitrogens with one attached hydrogen (secondary N) is 1. The zero-order chi connectivity index (χ0) is 13.4. The Labute approximate surface area is 114 Å². The van der Waals surface area contributed by atoms with Crippen molar-refractivity contribution in [3.05, 3.63) is 0 Å². The van der Waals surface area contributed by atoms with E-state index in [1.54, 1.807) is 0 Å². The number of ether oxygens (including phenoxy) is 1. The van der Waals surface area contributed by atoms with E-state index < -0.39 is 0 Å². The molecule has 0 heterocycles. The second kappa shape index (κ2) is 8.16. The van der Waals surface area contributed by atoms with Gasteiger partial charge >= 0.3 is 0 Å². The molecule has 0 bridgehead atoms. The number of rotatable bonds is 8. The third-order valence-electron chi connectivity index (χ3n) is 4.33. The fraction of sp³-hybridized carbons (Fsp3) is 1.00. The lowest BCUT2D eigenvalue weighted by Gasteiger charge is -2.40. The Morgan fingerprint density at radius 1 is 1.22 bits per heavy atom. The molecule has 1 aliphatic rings. The summed E-state index contributed by atoms with van der Waals surface area (Å²) >= 11 is 0. The molecular weight excluding hydrogens is 222 g/mol. The molecule has 0 amide bonds. The van der Waals surface area contributed by atoms with Gasteiger partial charge in [-0.2, -0.15) is 0 Å². The molecule has 18 heavy (non-hydrogen) atoms. The van der Waals surface area contributed by atoms with Gasteiger partial charge in [0.1, 0.15) is 0 Å². The topological polar surface area (TPSA) is 21.3 Å². The predicted octanol–water partition coefficient (Wildman–Crippen LogP) is 4.14. The average molecular weight is 255 g/mol. The minimum atomic E-state index is 0.130.